The first-order valence-electron chi connectivity index (χ1n) is 5.04. The summed E-state index contributed by atoms with van der Waals surface area (Å²) < 4.78 is 5.79. The van der Waals surface area contributed by atoms with E-state index in [0.717, 1.165) is 29.8 Å². The van der Waals surface area contributed by atoms with E-state index in [4.69, 9.17) is 16.2 Å². The van der Waals surface area contributed by atoms with Crippen molar-refractivity contribution < 1.29 is 4.74 Å². The van der Waals surface area contributed by atoms with Crippen LogP contribution in [0.5, 0.6) is 5.75 Å². The molecule has 4 N–H and O–H groups in total. The molecule has 0 radical (unpaired) electrons. The molecule has 3 nitrogen and oxygen atoms in total. The number of benzene rings is 1. The van der Waals surface area contributed by atoms with E-state index in [1.165, 1.54) is 6.42 Å². The number of ether oxygens (including phenoxy) is 1. The Morgan fingerprint density at radius 2 is 2.14 bits per heavy atom. The van der Waals surface area contributed by atoms with E-state index in [2.05, 4.69) is 0 Å². The monoisotopic (exact) mass is 192 g/mol. The Morgan fingerprint density at radius 3 is 2.71 bits per heavy atom. The van der Waals surface area contributed by atoms with Crippen LogP contribution in [0.2, 0.25) is 0 Å². The molecule has 0 heterocycles. The summed E-state index contributed by atoms with van der Waals surface area (Å²) in [7, 11) is 0. The highest BCUT2D eigenvalue weighted by atomic mass is 16.5. The molecule has 1 fully saturated rings. The Hall–Kier alpha value is -1.22. The lowest BCUT2D eigenvalue weighted by Gasteiger charge is -2.27. The first kappa shape index (κ1) is 9.34. The van der Waals surface area contributed by atoms with Gasteiger partial charge in [-0.25, -0.2) is 0 Å². The van der Waals surface area contributed by atoms with Crippen molar-refractivity contribution in [3.63, 3.8) is 0 Å². The van der Waals surface area contributed by atoms with Crippen LogP contribution in [0.25, 0.3) is 0 Å². The lowest BCUT2D eigenvalue weighted by molar-refractivity contribution is 0.119. The largest absolute Gasteiger partial charge is 0.490 e. The maximum Gasteiger partial charge on any atom is 0.124 e. The number of rotatable bonds is 3. The topological polar surface area (TPSA) is 61.3 Å². The second kappa shape index (κ2) is 3.88. The molecule has 0 amide bonds. The van der Waals surface area contributed by atoms with Crippen molar-refractivity contribution in [2.45, 2.75) is 31.9 Å². The summed E-state index contributed by atoms with van der Waals surface area (Å²) in [6, 6.07) is 5.65. The highest BCUT2D eigenvalue weighted by Gasteiger charge is 2.19. The van der Waals surface area contributed by atoms with Gasteiger partial charge in [0.2, 0.25) is 0 Å². The third-order valence-electron chi connectivity index (χ3n) is 2.65. The zero-order valence-electron chi connectivity index (χ0n) is 8.20. The molecule has 0 aliphatic heterocycles. The normalized spacial score (nSPS) is 16.4. The van der Waals surface area contributed by atoms with Gasteiger partial charge < -0.3 is 16.2 Å². The SMILES string of the molecule is NCc1cc(N)ccc1OC1CCC1. The summed E-state index contributed by atoms with van der Waals surface area (Å²) >= 11 is 0. The van der Waals surface area contributed by atoms with E-state index in [1.54, 1.807) is 0 Å². The van der Waals surface area contributed by atoms with Gasteiger partial charge in [-0.1, -0.05) is 0 Å². The maximum absolute atomic E-state index is 5.79. The summed E-state index contributed by atoms with van der Waals surface area (Å²) in [5, 5.41) is 0. The molecule has 1 aliphatic carbocycles. The Bertz CT molecular complexity index is 321. The summed E-state index contributed by atoms with van der Waals surface area (Å²) in [5.41, 5.74) is 13.0. The van der Waals surface area contributed by atoms with Crippen LogP contribution >= 0.6 is 0 Å². The van der Waals surface area contributed by atoms with Crippen molar-refractivity contribution in [1.29, 1.82) is 0 Å². The fourth-order valence-corrected chi connectivity index (χ4v) is 1.54. The quantitative estimate of drug-likeness (QED) is 0.716. The molecule has 0 saturated heterocycles. The van der Waals surface area contributed by atoms with Crippen LogP contribution in [0.15, 0.2) is 18.2 Å². The van der Waals surface area contributed by atoms with Crippen molar-refractivity contribution in [1.82, 2.24) is 0 Å². The predicted octanol–water partition coefficient (Wildman–Crippen LogP) is 1.66. The molecule has 2 rings (SSSR count). The summed E-state index contributed by atoms with van der Waals surface area (Å²) in [6.07, 6.45) is 3.99. The molecule has 0 atom stereocenters. The van der Waals surface area contributed by atoms with E-state index in [-0.39, 0.29) is 0 Å². The molecular weight excluding hydrogens is 176 g/mol. The van der Waals surface area contributed by atoms with Crippen LogP contribution in [-0.2, 0) is 6.54 Å². The Labute approximate surface area is 84.0 Å². The van der Waals surface area contributed by atoms with Gasteiger partial charge >= 0.3 is 0 Å². The summed E-state index contributed by atoms with van der Waals surface area (Å²) in [5.74, 6) is 0.895. The first-order chi connectivity index (χ1) is 6.79. The third kappa shape index (κ3) is 1.82. The molecule has 1 aliphatic rings. The number of hydrogen-bond acceptors (Lipinski definition) is 3. The highest BCUT2D eigenvalue weighted by Crippen LogP contribution is 2.28. The van der Waals surface area contributed by atoms with Crippen LogP contribution in [0.3, 0.4) is 0 Å². The van der Waals surface area contributed by atoms with Gasteiger partial charge in [-0.05, 0) is 37.5 Å². The van der Waals surface area contributed by atoms with Crippen LogP contribution in [0.4, 0.5) is 5.69 Å². The van der Waals surface area contributed by atoms with Crippen LogP contribution in [-0.4, -0.2) is 6.10 Å². The zero-order valence-corrected chi connectivity index (χ0v) is 8.20. The molecule has 3 heteroatoms. The van der Waals surface area contributed by atoms with Crippen molar-refractivity contribution in [2.75, 3.05) is 5.73 Å². The van der Waals surface area contributed by atoms with Crippen molar-refractivity contribution in [2.24, 2.45) is 5.73 Å². The molecule has 1 saturated carbocycles. The van der Waals surface area contributed by atoms with Crippen LogP contribution in [0.1, 0.15) is 24.8 Å². The molecule has 0 spiro atoms. The molecule has 1 aromatic rings. The molecule has 1 aromatic carbocycles. The van der Waals surface area contributed by atoms with Crippen molar-refractivity contribution in [3.8, 4) is 5.75 Å². The fourth-order valence-electron chi connectivity index (χ4n) is 1.54. The van der Waals surface area contributed by atoms with Gasteiger partial charge in [0.15, 0.2) is 0 Å². The van der Waals surface area contributed by atoms with E-state index in [9.17, 15) is 0 Å². The fraction of sp³-hybridized carbons (Fsp3) is 0.455. The number of nitrogens with two attached hydrogens (primary N) is 2. The third-order valence-corrected chi connectivity index (χ3v) is 2.65. The van der Waals surface area contributed by atoms with Gasteiger partial charge in [-0.2, -0.15) is 0 Å². The molecule has 0 bridgehead atoms. The average Bonchev–Trinajstić information content (AvgIpc) is 2.13. The maximum atomic E-state index is 5.79. The number of nitrogen functional groups attached to an aromatic ring is 1. The highest BCUT2D eigenvalue weighted by molar-refractivity contribution is 5.47. The Kier molecular flexibility index (Phi) is 2.59. The smallest absolute Gasteiger partial charge is 0.124 e. The molecule has 14 heavy (non-hydrogen) atoms. The lowest BCUT2D eigenvalue weighted by Crippen LogP contribution is -2.25. The van der Waals surface area contributed by atoms with E-state index >= 15 is 0 Å². The van der Waals surface area contributed by atoms with Crippen molar-refractivity contribution >= 4 is 5.69 Å². The minimum Gasteiger partial charge on any atom is -0.490 e. The minimum absolute atomic E-state index is 0.393. The zero-order chi connectivity index (χ0) is 9.97. The first-order valence-corrected chi connectivity index (χ1v) is 5.04. The molecule has 0 unspecified atom stereocenters. The minimum atomic E-state index is 0.393. The second-order valence-electron chi connectivity index (χ2n) is 3.74. The molecule has 0 aromatic heterocycles. The van der Waals surface area contributed by atoms with Gasteiger partial charge in [0, 0.05) is 17.8 Å². The Balaban J connectivity index is 2.14. The van der Waals surface area contributed by atoms with E-state index < -0.39 is 0 Å². The van der Waals surface area contributed by atoms with Crippen molar-refractivity contribution in [3.05, 3.63) is 23.8 Å². The number of hydrogen-bond donors (Lipinski definition) is 2. The number of anilines is 1. The Morgan fingerprint density at radius 1 is 1.36 bits per heavy atom. The van der Waals surface area contributed by atoms with E-state index in [1.807, 2.05) is 18.2 Å². The van der Waals surface area contributed by atoms with Crippen LogP contribution in [0, 0.1) is 0 Å². The van der Waals surface area contributed by atoms with Gasteiger partial charge in [0.05, 0.1) is 6.10 Å². The van der Waals surface area contributed by atoms with Gasteiger partial charge in [-0.3, -0.25) is 0 Å². The predicted molar refractivity (Wildman–Crippen MR) is 57.0 cm³/mol. The lowest BCUT2D eigenvalue weighted by atomic mass is 9.96. The van der Waals surface area contributed by atoms with Gasteiger partial charge in [0.1, 0.15) is 5.75 Å². The molecular formula is C11H16N2O. The standard InChI is InChI=1S/C11H16N2O/c12-7-8-6-9(13)4-5-11(8)14-10-2-1-3-10/h4-6,10H,1-3,7,12-13H2. The van der Waals surface area contributed by atoms with Crippen LogP contribution < -0.4 is 16.2 Å². The average molecular weight is 192 g/mol. The van der Waals surface area contributed by atoms with Gasteiger partial charge in [0.25, 0.3) is 0 Å². The summed E-state index contributed by atoms with van der Waals surface area (Å²) in [4.78, 5) is 0. The van der Waals surface area contributed by atoms with E-state index in [0.29, 0.717) is 12.6 Å². The summed E-state index contributed by atoms with van der Waals surface area (Å²) in [6.45, 7) is 0.479. The molecule has 76 valence electrons. The second-order valence-corrected chi connectivity index (χ2v) is 3.74. The van der Waals surface area contributed by atoms with Gasteiger partial charge in [-0.15, -0.1) is 0 Å².